The van der Waals surface area contributed by atoms with E-state index >= 15 is 0 Å². The lowest BCUT2D eigenvalue weighted by Crippen LogP contribution is -2.41. The van der Waals surface area contributed by atoms with E-state index in [1.54, 1.807) is 0 Å². The summed E-state index contributed by atoms with van der Waals surface area (Å²) in [6.07, 6.45) is 1.21. The molecule has 0 aromatic rings. The standard InChI is InChI=1S/C10H18N4O4/c1-2-6-18-10(17)14-7(8(15)16)4-3-5-13-9(11)12/h2,7H,1,3-6H2,(H,14,17)(H,15,16)(H4,11,12,13). The lowest BCUT2D eigenvalue weighted by Gasteiger charge is -2.13. The SMILES string of the molecule is C=CCOC(=O)NC(CCCN=C(N)N)C(=O)O. The molecule has 0 aliphatic heterocycles. The van der Waals surface area contributed by atoms with E-state index in [0.29, 0.717) is 13.0 Å². The number of hydrogen-bond donors (Lipinski definition) is 4. The molecule has 0 aromatic carbocycles. The van der Waals surface area contributed by atoms with Crippen LogP contribution in [0, 0.1) is 0 Å². The summed E-state index contributed by atoms with van der Waals surface area (Å²) in [5.41, 5.74) is 10.2. The second-order valence-electron chi connectivity index (χ2n) is 3.37. The van der Waals surface area contributed by atoms with Gasteiger partial charge in [-0.15, -0.1) is 0 Å². The third-order valence-corrected chi connectivity index (χ3v) is 1.87. The molecule has 0 aliphatic carbocycles. The first-order chi connectivity index (χ1) is 8.47. The predicted octanol–water partition coefficient (Wildman–Crippen LogP) is -0.595. The lowest BCUT2D eigenvalue weighted by molar-refractivity contribution is -0.139. The van der Waals surface area contributed by atoms with Crippen LogP contribution in [-0.4, -0.2) is 42.3 Å². The Hall–Kier alpha value is -2.25. The monoisotopic (exact) mass is 258 g/mol. The molecule has 0 saturated carbocycles. The predicted molar refractivity (Wildman–Crippen MR) is 66.0 cm³/mol. The molecule has 0 heterocycles. The number of nitrogens with zero attached hydrogens (tertiary/aromatic N) is 1. The molecular formula is C10H18N4O4. The smallest absolute Gasteiger partial charge is 0.408 e. The van der Waals surface area contributed by atoms with Gasteiger partial charge in [0, 0.05) is 6.54 Å². The van der Waals surface area contributed by atoms with Crippen molar-refractivity contribution in [2.24, 2.45) is 16.5 Å². The number of hydrogen-bond acceptors (Lipinski definition) is 4. The average molecular weight is 258 g/mol. The van der Waals surface area contributed by atoms with Crippen LogP contribution in [0.25, 0.3) is 0 Å². The van der Waals surface area contributed by atoms with Crippen molar-refractivity contribution in [1.29, 1.82) is 0 Å². The zero-order chi connectivity index (χ0) is 14.0. The summed E-state index contributed by atoms with van der Waals surface area (Å²) in [6.45, 7) is 3.69. The van der Waals surface area contributed by atoms with Crippen molar-refractivity contribution in [3.63, 3.8) is 0 Å². The third-order valence-electron chi connectivity index (χ3n) is 1.87. The number of carboxylic acids is 1. The van der Waals surface area contributed by atoms with Crippen LogP contribution in [-0.2, 0) is 9.53 Å². The molecule has 0 saturated heterocycles. The van der Waals surface area contributed by atoms with E-state index in [0.717, 1.165) is 0 Å². The van der Waals surface area contributed by atoms with Gasteiger partial charge in [0.25, 0.3) is 0 Å². The maximum atomic E-state index is 11.1. The number of ether oxygens (including phenoxy) is 1. The Morgan fingerprint density at radius 2 is 2.17 bits per heavy atom. The maximum Gasteiger partial charge on any atom is 0.408 e. The van der Waals surface area contributed by atoms with Crippen molar-refractivity contribution in [1.82, 2.24) is 5.32 Å². The zero-order valence-electron chi connectivity index (χ0n) is 9.96. The van der Waals surface area contributed by atoms with Crippen LogP contribution in [0.5, 0.6) is 0 Å². The van der Waals surface area contributed by atoms with Crippen molar-refractivity contribution in [3.8, 4) is 0 Å². The largest absolute Gasteiger partial charge is 0.480 e. The van der Waals surface area contributed by atoms with Crippen molar-refractivity contribution in [2.45, 2.75) is 18.9 Å². The van der Waals surface area contributed by atoms with Gasteiger partial charge in [-0.1, -0.05) is 12.7 Å². The Bertz CT molecular complexity index is 326. The molecule has 18 heavy (non-hydrogen) atoms. The van der Waals surface area contributed by atoms with E-state index in [9.17, 15) is 9.59 Å². The van der Waals surface area contributed by atoms with E-state index in [1.165, 1.54) is 6.08 Å². The first-order valence-corrected chi connectivity index (χ1v) is 5.29. The Labute approximate surface area is 105 Å². The summed E-state index contributed by atoms with van der Waals surface area (Å²) in [5.74, 6) is -1.20. The van der Waals surface area contributed by atoms with E-state index < -0.39 is 18.1 Å². The van der Waals surface area contributed by atoms with E-state index in [2.05, 4.69) is 21.6 Å². The van der Waals surface area contributed by atoms with Gasteiger partial charge in [-0.3, -0.25) is 4.99 Å². The van der Waals surface area contributed by atoms with Crippen LogP contribution in [0.2, 0.25) is 0 Å². The first kappa shape index (κ1) is 15.8. The quantitative estimate of drug-likeness (QED) is 0.198. The summed E-state index contributed by atoms with van der Waals surface area (Å²) in [6, 6.07) is -1.03. The molecule has 0 bridgehead atoms. The van der Waals surface area contributed by atoms with Gasteiger partial charge < -0.3 is 26.6 Å². The molecule has 0 radical (unpaired) electrons. The topological polar surface area (TPSA) is 140 Å². The van der Waals surface area contributed by atoms with Crippen LogP contribution >= 0.6 is 0 Å². The number of alkyl carbamates (subject to hydrolysis) is 1. The highest BCUT2D eigenvalue weighted by atomic mass is 16.5. The van der Waals surface area contributed by atoms with Gasteiger partial charge in [-0.2, -0.15) is 0 Å². The van der Waals surface area contributed by atoms with Crippen LogP contribution < -0.4 is 16.8 Å². The maximum absolute atomic E-state index is 11.1. The van der Waals surface area contributed by atoms with E-state index in [-0.39, 0.29) is 19.0 Å². The minimum absolute atomic E-state index is 0.0200. The average Bonchev–Trinajstić information content (AvgIpc) is 2.29. The van der Waals surface area contributed by atoms with Crippen LogP contribution in [0.15, 0.2) is 17.6 Å². The highest BCUT2D eigenvalue weighted by Gasteiger charge is 2.19. The molecule has 102 valence electrons. The summed E-state index contributed by atoms with van der Waals surface area (Å²) in [4.78, 5) is 25.7. The summed E-state index contributed by atoms with van der Waals surface area (Å²) >= 11 is 0. The van der Waals surface area contributed by atoms with Gasteiger partial charge in [-0.25, -0.2) is 9.59 Å². The molecule has 1 atom stereocenters. The number of carboxylic acid groups (broad SMARTS) is 1. The Balaban J connectivity index is 4.07. The van der Waals surface area contributed by atoms with Gasteiger partial charge in [-0.05, 0) is 12.8 Å². The number of carbonyl (C=O) groups is 2. The molecule has 0 rings (SSSR count). The highest BCUT2D eigenvalue weighted by Crippen LogP contribution is 1.99. The molecule has 0 fully saturated rings. The van der Waals surface area contributed by atoms with Crippen molar-refractivity contribution >= 4 is 18.0 Å². The van der Waals surface area contributed by atoms with Crippen molar-refractivity contribution in [2.75, 3.05) is 13.2 Å². The minimum atomic E-state index is -1.14. The molecule has 8 nitrogen and oxygen atoms in total. The number of carbonyl (C=O) groups excluding carboxylic acids is 1. The van der Waals surface area contributed by atoms with E-state index in [1.807, 2.05) is 0 Å². The van der Waals surface area contributed by atoms with Gasteiger partial charge in [0.1, 0.15) is 12.6 Å². The second kappa shape index (κ2) is 8.85. The van der Waals surface area contributed by atoms with Gasteiger partial charge in [0.15, 0.2) is 5.96 Å². The van der Waals surface area contributed by atoms with Crippen LogP contribution in [0.4, 0.5) is 4.79 Å². The van der Waals surface area contributed by atoms with Crippen LogP contribution in [0.1, 0.15) is 12.8 Å². The normalized spacial score (nSPS) is 11.1. The molecule has 0 aliphatic rings. The fourth-order valence-electron chi connectivity index (χ4n) is 1.08. The van der Waals surface area contributed by atoms with Crippen molar-refractivity contribution < 1.29 is 19.4 Å². The third kappa shape index (κ3) is 7.97. The highest BCUT2D eigenvalue weighted by molar-refractivity contribution is 5.79. The summed E-state index contributed by atoms with van der Waals surface area (Å²) in [5, 5.41) is 11.1. The Kier molecular flexibility index (Phi) is 7.74. The fourth-order valence-corrected chi connectivity index (χ4v) is 1.08. The molecule has 1 unspecified atom stereocenters. The number of nitrogens with two attached hydrogens (primary N) is 2. The number of nitrogens with one attached hydrogen (secondary N) is 1. The first-order valence-electron chi connectivity index (χ1n) is 5.29. The lowest BCUT2D eigenvalue weighted by atomic mass is 10.1. The molecule has 6 N–H and O–H groups in total. The van der Waals surface area contributed by atoms with Crippen LogP contribution in [0.3, 0.4) is 0 Å². The Morgan fingerprint density at radius 1 is 1.50 bits per heavy atom. The second-order valence-corrected chi connectivity index (χ2v) is 3.37. The molecule has 1 amide bonds. The van der Waals surface area contributed by atoms with Gasteiger partial charge in [0.2, 0.25) is 0 Å². The number of aliphatic carboxylic acids is 1. The number of amides is 1. The zero-order valence-corrected chi connectivity index (χ0v) is 9.96. The van der Waals surface area contributed by atoms with Gasteiger partial charge in [0.05, 0.1) is 0 Å². The van der Waals surface area contributed by atoms with E-state index in [4.69, 9.17) is 16.6 Å². The Morgan fingerprint density at radius 3 is 2.67 bits per heavy atom. The minimum Gasteiger partial charge on any atom is -0.480 e. The van der Waals surface area contributed by atoms with Crippen molar-refractivity contribution in [3.05, 3.63) is 12.7 Å². The molecule has 0 aromatic heterocycles. The number of rotatable bonds is 8. The number of guanidine groups is 1. The molecule has 8 heteroatoms. The molecular weight excluding hydrogens is 240 g/mol. The molecule has 0 spiro atoms. The summed E-state index contributed by atoms with van der Waals surface area (Å²) < 4.78 is 4.62. The van der Waals surface area contributed by atoms with Gasteiger partial charge >= 0.3 is 12.1 Å². The summed E-state index contributed by atoms with van der Waals surface area (Å²) in [7, 11) is 0. The fraction of sp³-hybridized carbons (Fsp3) is 0.500. The number of aliphatic imine (C=N–C) groups is 1.